The second-order valence-electron chi connectivity index (χ2n) is 3.67. The summed E-state index contributed by atoms with van der Waals surface area (Å²) in [4.78, 5) is 0. The molecule has 0 saturated heterocycles. The number of nitrogen functional groups attached to an aromatic ring is 1. The molecule has 0 aliphatic carbocycles. The fourth-order valence-electron chi connectivity index (χ4n) is 1.61. The standard InChI is InChI=1S/C13H13BrN2/c14-12-4-2-1-3-11(12)13(16)9-5-7-10(15)8-6-9/h1-8,13H,15-16H2. The van der Waals surface area contributed by atoms with Gasteiger partial charge in [-0.2, -0.15) is 0 Å². The predicted molar refractivity (Wildman–Crippen MR) is 71.0 cm³/mol. The van der Waals surface area contributed by atoms with Crippen LogP contribution in [0.1, 0.15) is 17.2 Å². The Labute approximate surface area is 103 Å². The van der Waals surface area contributed by atoms with Crippen LogP contribution >= 0.6 is 15.9 Å². The lowest BCUT2D eigenvalue weighted by Gasteiger charge is -2.14. The van der Waals surface area contributed by atoms with Crippen LogP contribution in [0.2, 0.25) is 0 Å². The lowest BCUT2D eigenvalue weighted by molar-refractivity contribution is 0.866. The molecule has 0 radical (unpaired) electrons. The van der Waals surface area contributed by atoms with Gasteiger partial charge in [0.05, 0.1) is 6.04 Å². The van der Waals surface area contributed by atoms with Gasteiger partial charge in [0.15, 0.2) is 0 Å². The highest BCUT2D eigenvalue weighted by Gasteiger charge is 2.10. The molecule has 1 atom stereocenters. The summed E-state index contributed by atoms with van der Waals surface area (Å²) < 4.78 is 1.03. The van der Waals surface area contributed by atoms with Gasteiger partial charge in [-0.15, -0.1) is 0 Å². The third-order valence-corrected chi connectivity index (χ3v) is 3.26. The number of hydrogen-bond acceptors (Lipinski definition) is 2. The lowest BCUT2D eigenvalue weighted by atomic mass is 9.99. The van der Waals surface area contributed by atoms with Crippen molar-refractivity contribution in [3.8, 4) is 0 Å². The first kappa shape index (κ1) is 11.2. The molecule has 2 aromatic rings. The van der Waals surface area contributed by atoms with Gasteiger partial charge in [-0.1, -0.05) is 46.3 Å². The summed E-state index contributed by atoms with van der Waals surface area (Å²) in [6.07, 6.45) is 0. The molecule has 4 N–H and O–H groups in total. The van der Waals surface area contributed by atoms with E-state index < -0.39 is 0 Å². The average molecular weight is 277 g/mol. The number of rotatable bonds is 2. The van der Waals surface area contributed by atoms with Crippen LogP contribution in [0, 0.1) is 0 Å². The highest BCUT2D eigenvalue weighted by molar-refractivity contribution is 9.10. The first-order chi connectivity index (χ1) is 7.68. The van der Waals surface area contributed by atoms with E-state index >= 15 is 0 Å². The second-order valence-corrected chi connectivity index (χ2v) is 4.52. The summed E-state index contributed by atoms with van der Waals surface area (Å²) in [6, 6.07) is 15.5. The third kappa shape index (κ3) is 2.26. The van der Waals surface area contributed by atoms with E-state index in [1.165, 1.54) is 0 Å². The molecule has 0 amide bonds. The topological polar surface area (TPSA) is 52.0 Å². The highest BCUT2D eigenvalue weighted by Crippen LogP contribution is 2.26. The van der Waals surface area contributed by atoms with Gasteiger partial charge in [0.25, 0.3) is 0 Å². The van der Waals surface area contributed by atoms with Gasteiger partial charge in [0, 0.05) is 10.2 Å². The number of nitrogens with two attached hydrogens (primary N) is 2. The summed E-state index contributed by atoms with van der Waals surface area (Å²) in [7, 11) is 0. The molecule has 0 saturated carbocycles. The first-order valence-electron chi connectivity index (χ1n) is 5.04. The smallest absolute Gasteiger partial charge is 0.0562 e. The molecule has 16 heavy (non-hydrogen) atoms. The monoisotopic (exact) mass is 276 g/mol. The van der Waals surface area contributed by atoms with Gasteiger partial charge >= 0.3 is 0 Å². The zero-order valence-corrected chi connectivity index (χ0v) is 10.3. The summed E-state index contributed by atoms with van der Waals surface area (Å²) >= 11 is 3.50. The Bertz CT molecular complexity index is 480. The van der Waals surface area contributed by atoms with Gasteiger partial charge in [0.2, 0.25) is 0 Å². The molecule has 3 heteroatoms. The van der Waals surface area contributed by atoms with E-state index in [0.717, 1.165) is 21.3 Å². The van der Waals surface area contributed by atoms with Crippen molar-refractivity contribution in [3.05, 3.63) is 64.1 Å². The number of benzene rings is 2. The Hall–Kier alpha value is -1.32. The Balaban J connectivity index is 2.35. The minimum Gasteiger partial charge on any atom is -0.399 e. The minimum atomic E-state index is -0.129. The third-order valence-electron chi connectivity index (χ3n) is 2.54. The average Bonchev–Trinajstić information content (AvgIpc) is 2.30. The van der Waals surface area contributed by atoms with Crippen molar-refractivity contribution < 1.29 is 0 Å². The van der Waals surface area contributed by atoms with Gasteiger partial charge in [-0.05, 0) is 29.3 Å². The van der Waals surface area contributed by atoms with Crippen LogP contribution in [-0.4, -0.2) is 0 Å². The number of anilines is 1. The van der Waals surface area contributed by atoms with E-state index in [1.54, 1.807) is 0 Å². The molecule has 2 nitrogen and oxygen atoms in total. The van der Waals surface area contributed by atoms with Crippen molar-refractivity contribution in [1.82, 2.24) is 0 Å². The van der Waals surface area contributed by atoms with Crippen molar-refractivity contribution in [2.24, 2.45) is 5.73 Å². The van der Waals surface area contributed by atoms with E-state index in [2.05, 4.69) is 15.9 Å². The van der Waals surface area contributed by atoms with E-state index in [-0.39, 0.29) is 6.04 Å². The summed E-state index contributed by atoms with van der Waals surface area (Å²) in [6.45, 7) is 0. The largest absolute Gasteiger partial charge is 0.399 e. The second kappa shape index (κ2) is 4.68. The zero-order chi connectivity index (χ0) is 11.5. The van der Waals surface area contributed by atoms with Crippen molar-refractivity contribution in [2.75, 3.05) is 5.73 Å². The molecular formula is C13H13BrN2. The van der Waals surface area contributed by atoms with Gasteiger partial charge in [-0.25, -0.2) is 0 Å². The maximum Gasteiger partial charge on any atom is 0.0562 e. The van der Waals surface area contributed by atoms with Crippen molar-refractivity contribution in [2.45, 2.75) is 6.04 Å². The molecule has 0 aromatic heterocycles. The minimum absolute atomic E-state index is 0.129. The van der Waals surface area contributed by atoms with E-state index in [0.29, 0.717) is 0 Å². The number of hydrogen-bond donors (Lipinski definition) is 2. The Morgan fingerprint density at radius 2 is 1.56 bits per heavy atom. The summed E-state index contributed by atoms with van der Waals surface area (Å²) in [5.41, 5.74) is 14.7. The predicted octanol–water partition coefficient (Wildman–Crippen LogP) is 3.08. The maximum absolute atomic E-state index is 6.20. The van der Waals surface area contributed by atoms with Crippen molar-refractivity contribution in [3.63, 3.8) is 0 Å². The SMILES string of the molecule is Nc1ccc(C(N)c2ccccc2Br)cc1. The van der Waals surface area contributed by atoms with Crippen LogP contribution in [0.15, 0.2) is 53.0 Å². The fraction of sp³-hybridized carbons (Fsp3) is 0.0769. The zero-order valence-electron chi connectivity index (χ0n) is 8.73. The Morgan fingerprint density at radius 1 is 0.938 bits per heavy atom. The molecule has 0 spiro atoms. The molecule has 0 aliphatic rings. The van der Waals surface area contributed by atoms with E-state index in [1.807, 2.05) is 48.5 Å². The Kier molecular flexibility index (Phi) is 3.27. The van der Waals surface area contributed by atoms with Crippen LogP contribution in [-0.2, 0) is 0 Å². The van der Waals surface area contributed by atoms with Crippen LogP contribution in [0.5, 0.6) is 0 Å². The number of halogens is 1. The van der Waals surface area contributed by atoms with Crippen molar-refractivity contribution in [1.29, 1.82) is 0 Å². The lowest BCUT2D eigenvalue weighted by Crippen LogP contribution is -2.12. The molecule has 0 bridgehead atoms. The van der Waals surface area contributed by atoms with E-state index in [9.17, 15) is 0 Å². The van der Waals surface area contributed by atoms with E-state index in [4.69, 9.17) is 11.5 Å². The van der Waals surface area contributed by atoms with Crippen LogP contribution in [0.3, 0.4) is 0 Å². The first-order valence-corrected chi connectivity index (χ1v) is 5.83. The molecule has 0 heterocycles. The van der Waals surface area contributed by atoms with Crippen LogP contribution in [0.4, 0.5) is 5.69 Å². The molecule has 2 aromatic carbocycles. The fourth-order valence-corrected chi connectivity index (χ4v) is 2.14. The van der Waals surface area contributed by atoms with Gasteiger partial charge in [-0.3, -0.25) is 0 Å². The molecule has 0 fully saturated rings. The van der Waals surface area contributed by atoms with Crippen LogP contribution in [0.25, 0.3) is 0 Å². The summed E-state index contributed by atoms with van der Waals surface area (Å²) in [5, 5.41) is 0. The van der Waals surface area contributed by atoms with Crippen molar-refractivity contribution >= 4 is 21.6 Å². The molecule has 2 rings (SSSR count). The van der Waals surface area contributed by atoms with Gasteiger partial charge < -0.3 is 11.5 Å². The molecule has 0 aliphatic heterocycles. The normalized spacial score (nSPS) is 12.4. The van der Waals surface area contributed by atoms with Crippen LogP contribution < -0.4 is 11.5 Å². The highest BCUT2D eigenvalue weighted by atomic mass is 79.9. The molecular weight excluding hydrogens is 264 g/mol. The molecule has 82 valence electrons. The quantitative estimate of drug-likeness (QED) is 0.829. The Morgan fingerprint density at radius 3 is 2.19 bits per heavy atom. The maximum atomic E-state index is 6.20. The summed E-state index contributed by atoms with van der Waals surface area (Å²) in [5.74, 6) is 0. The van der Waals surface area contributed by atoms with Gasteiger partial charge in [0.1, 0.15) is 0 Å². The molecule has 1 unspecified atom stereocenters.